The first kappa shape index (κ1) is 19.9. The number of nitrogens with one attached hydrogen (secondary N) is 2. The van der Waals surface area contributed by atoms with E-state index in [0.717, 1.165) is 24.0 Å². The molecule has 0 aliphatic rings. The van der Waals surface area contributed by atoms with Crippen LogP contribution in [0.2, 0.25) is 0 Å². The molecule has 5 nitrogen and oxygen atoms in total. The number of aliphatic imine (C=N–C) groups is 1. The molecule has 2 aromatic rings. The lowest BCUT2D eigenvalue weighted by molar-refractivity contribution is 0.0601. The Bertz CT molecular complexity index is 785. The van der Waals surface area contributed by atoms with Crippen molar-refractivity contribution in [2.24, 2.45) is 4.99 Å². The van der Waals surface area contributed by atoms with Crippen LogP contribution in [0.1, 0.15) is 36.5 Å². The third kappa shape index (κ3) is 5.05. The van der Waals surface area contributed by atoms with Gasteiger partial charge in [0.25, 0.3) is 0 Å². The monoisotopic (exact) mass is 365 g/mol. The summed E-state index contributed by atoms with van der Waals surface area (Å²) in [4.78, 5) is 4.26. The lowest BCUT2D eigenvalue weighted by Crippen LogP contribution is -2.44. The molecule has 0 radical (unpaired) electrons. The molecular weight excluding hydrogens is 340 g/mol. The van der Waals surface area contributed by atoms with Crippen molar-refractivity contribution >= 4 is 5.96 Å². The molecule has 0 saturated heterocycles. The first-order valence-electron chi connectivity index (χ1n) is 8.49. The van der Waals surface area contributed by atoms with Gasteiger partial charge < -0.3 is 20.2 Å². The quantitative estimate of drug-likeness (QED) is 0.543. The fourth-order valence-electron chi connectivity index (χ4n) is 2.69. The van der Waals surface area contributed by atoms with Gasteiger partial charge in [0.1, 0.15) is 28.8 Å². The zero-order chi connectivity index (χ0) is 19.3. The van der Waals surface area contributed by atoms with Crippen molar-refractivity contribution in [1.82, 2.24) is 10.6 Å². The third-order valence-electron chi connectivity index (χ3n) is 3.98. The van der Waals surface area contributed by atoms with Crippen molar-refractivity contribution < 1.29 is 18.3 Å². The van der Waals surface area contributed by atoms with Crippen molar-refractivity contribution in [2.75, 3.05) is 13.1 Å². The number of hydrogen-bond donors (Lipinski definition) is 3. The minimum absolute atomic E-state index is 0.0229. The number of rotatable bonds is 6. The lowest BCUT2D eigenvalue weighted by Gasteiger charge is -2.24. The molecular formula is C19H25F2N3O2. The van der Waals surface area contributed by atoms with Crippen LogP contribution in [0.15, 0.2) is 33.7 Å². The molecule has 7 heteroatoms. The molecule has 2 rings (SSSR count). The smallest absolute Gasteiger partial charge is 0.191 e. The number of nitrogens with zero attached hydrogens (tertiary/aromatic N) is 1. The Balaban J connectivity index is 2.09. The molecule has 0 amide bonds. The molecule has 142 valence electrons. The zero-order valence-corrected chi connectivity index (χ0v) is 15.5. The van der Waals surface area contributed by atoms with Crippen LogP contribution >= 0.6 is 0 Å². The molecule has 1 atom stereocenters. The molecule has 3 N–H and O–H groups in total. The molecule has 0 aliphatic carbocycles. The van der Waals surface area contributed by atoms with Gasteiger partial charge >= 0.3 is 0 Å². The summed E-state index contributed by atoms with van der Waals surface area (Å²) in [6.45, 7) is 7.91. The second kappa shape index (κ2) is 8.31. The number of guanidine groups is 1. The maximum atomic E-state index is 13.7. The van der Waals surface area contributed by atoms with Crippen molar-refractivity contribution in [2.45, 2.75) is 39.8 Å². The molecule has 1 heterocycles. The second-order valence-electron chi connectivity index (χ2n) is 6.39. The highest BCUT2D eigenvalue weighted by atomic mass is 19.1. The number of aryl methyl sites for hydroxylation is 2. The number of halogens is 2. The fourth-order valence-corrected chi connectivity index (χ4v) is 2.69. The zero-order valence-electron chi connectivity index (χ0n) is 15.5. The maximum absolute atomic E-state index is 13.7. The summed E-state index contributed by atoms with van der Waals surface area (Å²) in [5.74, 6) is 0.748. The highest BCUT2D eigenvalue weighted by Gasteiger charge is 2.27. The highest BCUT2D eigenvalue weighted by Crippen LogP contribution is 2.26. The van der Waals surface area contributed by atoms with Gasteiger partial charge in [-0.3, -0.25) is 0 Å². The summed E-state index contributed by atoms with van der Waals surface area (Å²) in [6, 6.07) is 5.06. The van der Waals surface area contributed by atoms with Gasteiger partial charge in [0.2, 0.25) is 0 Å². The van der Waals surface area contributed by atoms with E-state index in [1.165, 1.54) is 0 Å². The summed E-state index contributed by atoms with van der Waals surface area (Å²) >= 11 is 0. The van der Waals surface area contributed by atoms with E-state index in [1.54, 1.807) is 19.9 Å². The van der Waals surface area contributed by atoms with E-state index in [4.69, 9.17) is 4.42 Å². The van der Waals surface area contributed by atoms with Gasteiger partial charge in [0.15, 0.2) is 5.96 Å². The Morgan fingerprint density at radius 1 is 1.23 bits per heavy atom. The van der Waals surface area contributed by atoms with E-state index in [2.05, 4.69) is 15.6 Å². The topological polar surface area (TPSA) is 69.8 Å². The minimum Gasteiger partial charge on any atom is -0.466 e. The third-order valence-corrected chi connectivity index (χ3v) is 3.98. The van der Waals surface area contributed by atoms with Gasteiger partial charge in [-0.1, -0.05) is 0 Å². The van der Waals surface area contributed by atoms with Gasteiger partial charge in [0.05, 0.1) is 13.1 Å². The van der Waals surface area contributed by atoms with E-state index in [0.29, 0.717) is 23.8 Å². The molecule has 0 spiro atoms. The summed E-state index contributed by atoms with van der Waals surface area (Å²) in [6.07, 6.45) is 0. The summed E-state index contributed by atoms with van der Waals surface area (Å²) in [5, 5.41) is 16.8. The van der Waals surface area contributed by atoms with Gasteiger partial charge in [-0.15, -0.1) is 0 Å². The number of furan rings is 1. The van der Waals surface area contributed by atoms with Gasteiger partial charge in [-0.25, -0.2) is 13.8 Å². The molecule has 0 fully saturated rings. The second-order valence-corrected chi connectivity index (χ2v) is 6.39. The van der Waals surface area contributed by atoms with E-state index >= 15 is 0 Å². The van der Waals surface area contributed by atoms with Crippen LogP contribution < -0.4 is 10.6 Å². The van der Waals surface area contributed by atoms with Crippen LogP contribution in [0.4, 0.5) is 8.78 Å². The van der Waals surface area contributed by atoms with Crippen LogP contribution in [-0.4, -0.2) is 24.2 Å². The van der Waals surface area contributed by atoms with Crippen LogP contribution in [0, 0.1) is 25.5 Å². The van der Waals surface area contributed by atoms with Crippen LogP contribution in [0.3, 0.4) is 0 Å². The van der Waals surface area contributed by atoms with Crippen molar-refractivity contribution in [3.8, 4) is 0 Å². The first-order chi connectivity index (χ1) is 12.2. The largest absolute Gasteiger partial charge is 0.466 e. The number of aliphatic hydroxyl groups is 1. The first-order valence-corrected chi connectivity index (χ1v) is 8.49. The predicted octanol–water partition coefficient (Wildman–Crippen LogP) is 3.14. The van der Waals surface area contributed by atoms with E-state index in [9.17, 15) is 13.9 Å². The normalized spacial score (nSPS) is 14.2. The lowest BCUT2D eigenvalue weighted by atomic mass is 9.96. The molecule has 1 unspecified atom stereocenters. The molecule has 0 saturated carbocycles. The minimum atomic E-state index is -1.18. The fraction of sp³-hybridized carbons (Fsp3) is 0.421. The molecule has 0 bridgehead atoms. The van der Waals surface area contributed by atoms with Crippen LogP contribution in [0.5, 0.6) is 0 Å². The van der Waals surface area contributed by atoms with Gasteiger partial charge in [-0.05, 0) is 52.0 Å². The average molecular weight is 365 g/mol. The summed E-state index contributed by atoms with van der Waals surface area (Å²) in [5.41, 5.74) is -0.327. The molecule has 1 aromatic carbocycles. The molecule has 1 aromatic heterocycles. The Morgan fingerprint density at radius 2 is 1.96 bits per heavy atom. The number of benzene rings is 1. The van der Waals surface area contributed by atoms with Crippen LogP contribution in [-0.2, 0) is 12.1 Å². The van der Waals surface area contributed by atoms with Crippen LogP contribution in [0.25, 0.3) is 0 Å². The summed E-state index contributed by atoms with van der Waals surface area (Å²) < 4.78 is 32.5. The Labute approximate surface area is 152 Å². The number of hydrogen-bond acceptors (Lipinski definition) is 3. The standard InChI is InChI=1S/C19H25F2N3O2/c1-5-22-18(23-10-14-9-15(20)6-7-17(14)21)24-11-19(4,25)16-8-12(2)26-13(16)3/h6-9,25H,5,10-11H2,1-4H3,(H2,22,23,24). The predicted molar refractivity (Wildman–Crippen MR) is 96.9 cm³/mol. The summed E-state index contributed by atoms with van der Waals surface area (Å²) in [7, 11) is 0. The Hall–Kier alpha value is -2.41. The Kier molecular flexibility index (Phi) is 6.37. The van der Waals surface area contributed by atoms with Gasteiger partial charge in [0, 0.05) is 17.7 Å². The Morgan fingerprint density at radius 3 is 2.58 bits per heavy atom. The van der Waals surface area contributed by atoms with Crippen molar-refractivity contribution in [3.63, 3.8) is 0 Å². The maximum Gasteiger partial charge on any atom is 0.191 e. The molecule has 26 heavy (non-hydrogen) atoms. The van der Waals surface area contributed by atoms with E-state index in [-0.39, 0.29) is 18.7 Å². The highest BCUT2D eigenvalue weighted by molar-refractivity contribution is 5.79. The van der Waals surface area contributed by atoms with Gasteiger partial charge in [-0.2, -0.15) is 0 Å². The average Bonchev–Trinajstić information content (AvgIpc) is 2.92. The SMILES string of the molecule is CCNC(=NCc1cc(F)ccc1F)NCC(C)(O)c1cc(C)oc1C. The molecule has 0 aliphatic heterocycles. The van der Waals surface area contributed by atoms with Crippen molar-refractivity contribution in [3.05, 3.63) is 58.5 Å². The van der Waals surface area contributed by atoms with E-state index in [1.807, 2.05) is 13.8 Å². The van der Waals surface area contributed by atoms with E-state index < -0.39 is 17.2 Å². The van der Waals surface area contributed by atoms with Crippen molar-refractivity contribution in [1.29, 1.82) is 0 Å².